The highest BCUT2D eigenvalue weighted by atomic mass is 35.5. The summed E-state index contributed by atoms with van der Waals surface area (Å²) in [6, 6.07) is 7.23. The summed E-state index contributed by atoms with van der Waals surface area (Å²) in [5.41, 5.74) is 2.38. The number of H-pyrrole nitrogens is 1. The van der Waals surface area contributed by atoms with Gasteiger partial charge in [-0.05, 0) is 45.8 Å². The average molecular weight is 560 g/mol. The van der Waals surface area contributed by atoms with Crippen LogP contribution in [-0.2, 0) is 9.59 Å². The molecule has 12 heteroatoms. The summed E-state index contributed by atoms with van der Waals surface area (Å²) in [4.78, 5) is 38.1. The first-order valence-corrected chi connectivity index (χ1v) is 13.1. The SMILES string of the molecule is CN(C)C/C=C/C(=O)NCC(F)(F)C(=O)NC1CCCC(Nc2ncc(Cl)c(-c3c[nH]c4ccccc34)n2)C1. The summed E-state index contributed by atoms with van der Waals surface area (Å²) >= 11 is 6.42. The van der Waals surface area contributed by atoms with E-state index in [-0.39, 0.29) is 6.04 Å². The van der Waals surface area contributed by atoms with Gasteiger partial charge in [-0.3, -0.25) is 9.59 Å². The van der Waals surface area contributed by atoms with Crippen molar-refractivity contribution in [3.63, 3.8) is 0 Å². The van der Waals surface area contributed by atoms with Crippen molar-refractivity contribution in [1.82, 2.24) is 30.5 Å². The molecule has 3 aromatic rings. The molecule has 0 radical (unpaired) electrons. The van der Waals surface area contributed by atoms with Crippen molar-refractivity contribution < 1.29 is 18.4 Å². The zero-order chi connectivity index (χ0) is 28.0. The Labute approximate surface area is 230 Å². The second-order valence-electron chi connectivity index (χ2n) is 9.90. The van der Waals surface area contributed by atoms with Crippen LogP contribution in [0.15, 0.2) is 48.8 Å². The van der Waals surface area contributed by atoms with Gasteiger partial charge in [-0.2, -0.15) is 8.78 Å². The first kappa shape index (κ1) is 28.4. The number of aromatic amines is 1. The predicted octanol–water partition coefficient (Wildman–Crippen LogP) is 3.99. The molecule has 0 bridgehead atoms. The largest absolute Gasteiger partial charge is 0.360 e. The van der Waals surface area contributed by atoms with E-state index < -0.39 is 30.3 Å². The van der Waals surface area contributed by atoms with E-state index in [0.29, 0.717) is 36.1 Å². The Kier molecular flexibility index (Phi) is 9.13. The quantitative estimate of drug-likeness (QED) is 0.279. The monoisotopic (exact) mass is 559 g/mol. The van der Waals surface area contributed by atoms with Crippen molar-refractivity contribution in [3.05, 3.63) is 53.8 Å². The Morgan fingerprint density at radius 2 is 2.00 bits per heavy atom. The van der Waals surface area contributed by atoms with E-state index in [0.717, 1.165) is 29.3 Å². The van der Waals surface area contributed by atoms with Crippen molar-refractivity contribution in [2.45, 2.75) is 43.7 Å². The van der Waals surface area contributed by atoms with Gasteiger partial charge in [-0.25, -0.2) is 9.97 Å². The van der Waals surface area contributed by atoms with E-state index in [1.54, 1.807) is 6.08 Å². The number of aromatic nitrogens is 3. The minimum Gasteiger partial charge on any atom is -0.360 e. The number of carbonyl (C=O) groups excluding carboxylic acids is 2. The number of hydrogen-bond donors (Lipinski definition) is 4. The smallest absolute Gasteiger partial charge is 0.341 e. The van der Waals surface area contributed by atoms with Gasteiger partial charge in [0.2, 0.25) is 11.9 Å². The molecule has 0 spiro atoms. The van der Waals surface area contributed by atoms with Crippen molar-refractivity contribution in [2.75, 3.05) is 32.5 Å². The first-order valence-electron chi connectivity index (χ1n) is 12.8. The molecule has 1 aliphatic rings. The number of halogens is 3. The van der Waals surface area contributed by atoms with Crippen LogP contribution in [0.4, 0.5) is 14.7 Å². The molecule has 1 aromatic carbocycles. The fourth-order valence-electron chi connectivity index (χ4n) is 4.53. The summed E-state index contributed by atoms with van der Waals surface area (Å²) in [6.45, 7) is -0.583. The topological polar surface area (TPSA) is 115 Å². The van der Waals surface area contributed by atoms with Crippen LogP contribution < -0.4 is 16.0 Å². The van der Waals surface area contributed by atoms with Crippen LogP contribution in [0, 0.1) is 0 Å². The van der Waals surface area contributed by atoms with Gasteiger partial charge in [0.05, 0.1) is 23.5 Å². The van der Waals surface area contributed by atoms with Crippen molar-refractivity contribution >= 4 is 40.3 Å². The number of anilines is 1. The summed E-state index contributed by atoms with van der Waals surface area (Å²) < 4.78 is 28.9. The van der Waals surface area contributed by atoms with Crippen LogP contribution in [0.3, 0.4) is 0 Å². The van der Waals surface area contributed by atoms with Gasteiger partial charge >= 0.3 is 5.92 Å². The summed E-state index contributed by atoms with van der Waals surface area (Å²) in [5, 5.41) is 9.19. The second-order valence-corrected chi connectivity index (χ2v) is 10.3. The highest BCUT2D eigenvalue weighted by Gasteiger charge is 2.40. The molecule has 2 atom stereocenters. The molecule has 0 saturated heterocycles. The molecule has 4 N–H and O–H groups in total. The molecule has 2 unspecified atom stereocenters. The van der Waals surface area contributed by atoms with Crippen LogP contribution >= 0.6 is 11.6 Å². The zero-order valence-electron chi connectivity index (χ0n) is 21.8. The van der Waals surface area contributed by atoms with Gasteiger partial charge in [0.1, 0.15) is 0 Å². The third-order valence-electron chi connectivity index (χ3n) is 6.49. The molecule has 9 nitrogen and oxygen atoms in total. The van der Waals surface area contributed by atoms with Gasteiger partial charge in [-0.1, -0.05) is 35.9 Å². The van der Waals surface area contributed by atoms with Crippen LogP contribution in [0.1, 0.15) is 25.7 Å². The maximum atomic E-state index is 14.4. The Balaban J connectivity index is 1.34. The number of fused-ring (bicyclic) bond motifs is 1. The number of likely N-dealkylation sites (N-methyl/N-ethyl adjacent to an activating group) is 1. The molecule has 1 aliphatic carbocycles. The Morgan fingerprint density at radius 1 is 1.23 bits per heavy atom. The lowest BCUT2D eigenvalue weighted by Gasteiger charge is -2.31. The van der Waals surface area contributed by atoms with Crippen LogP contribution in [-0.4, -0.2) is 76.9 Å². The fraction of sp³-hybridized carbons (Fsp3) is 0.407. The molecular weight excluding hydrogens is 528 g/mol. The third kappa shape index (κ3) is 7.51. The maximum absolute atomic E-state index is 14.4. The number of amides is 2. The molecule has 1 saturated carbocycles. The Morgan fingerprint density at radius 3 is 2.79 bits per heavy atom. The van der Waals surface area contributed by atoms with Gasteiger partial charge in [0, 0.05) is 47.4 Å². The molecule has 4 rings (SSSR count). The second kappa shape index (κ2) is 12.5. The van der Waals surface area contributed by atoms with E-state index in [4.69, 9.17) is 11.6 Å². The van der Waals surface area contributed by atoms with E-state index in [2.05, 4.69) is 30.9 Å². The van der Waals surface area contributed by atoms with Gasteiger partial charge in [0.25, 0.3) is 5.91 Å². The van der Waals surface area contributed by atoms with Crippen molar-refractivity contribution in [1.29, 1.82) is 0 Å². The average Bonchev–Trinajstić information content (AvgIpc) is 3.33. The number of benzene rings is 1. The van der Waals surface area contributed by atoms with Gasteiger partial charge < -0.3 is 25.8 Å². The van der Waals surface area contributed by atoms with E-state index >= 15 is 0 Å². The molecule has 2 aromatic heterocycles. The van der Waals surface area contributed by atoms with E-state index in [1.807, 2.05) is 49.5 Å². The maximum Gasteiger partial charge on any atom is 0.341 e. The van der Waals surface area contributed by atoms with Crippen molar-refractivity contribution in [3.8, 4) is 11.3 Å². The third-order valence-corrected chi connectivity index (χ3v) is 6.76. The number of alkyl halides is 2. The minimum absolute atomic E-state index is 0.129. The minimum atomic E-state index is -3.74. The van der Waals surface area contributed by atoms with E-state index in [9.17, 15) is 18.4 Å². The summed E-state index contributed by atoms with van der Waals surface area (Å²) in [5.74, 6) is -5.46. The standard InChI is InChI=1S/C27H32ClF2N7O2/c1-37(2)12-6-11-23(38)33-16-27(29,30)25(39)34-17-7-5-8-18(13-17)35-26-32-15-21(28)24(36-26)20-14-31-22-10-4-3-9-19(20)22/h3-4,6,9-11,14-15,17-18,31H,5,7-8,12-13,16H2,1-2H3,(H,33,38)(H,34,39)(H,32,35,36)/b11-6+. The molecule has 2 heterocycles. The van der Waals surface area contributed by atoms with Crippen molar-refractivity contribution in [2.24, 2.45) is 0 Å². The number of para-hydroxylation sites is 1. The zero-order valence-corrected chi connectivity index (χ0v) is 22.6. The van der Waals surface area contributed by atoms with Gasteiger partial charge in [0.15, 0.2) is 0 Å². The highest BCUT2D eigenvalue weighted by Crippen LogP contribution is 2.32. The number of nitrogens with zero attached hydrogens (tertiary/aromatic N) is 3. The molecule has 0 aliphatic heterocycles. The van der Waals surface area contributed by atoms with Crippen LogP contribution in [0.5, 0.6) is 0 Å². The van der Waals surface area contributed by atoms with E-state index in [1.165, 1.54) is 12.3 Å². The molecular formula is C27H32ClF2N7O2. The van der Waals surface area contributed by atoms with Crippen LogP contribution in [0.2, 0.25) is 5.02 Å². The molecule has 39 heavy (non-hydrogen) atoms. The Hall–Kier alpha value is -3.57. The molecule has 208 valence electrons. The summed E-state index contributed by atoms with van der Waals surface area (Å²) in [7, 11) is 3.63. The first-order chi connectivity index (χ1) is 18.6. The number of rotatable bonds is 10. The normalized spacial score (nSPS) is 18.0. The molecule has 1 fully saturated rings. The highest BCUT2D eigenvalue weighted by molar-refractivity contribution is 6.33. The lowest BCUT2D eigenvalue weighted by Crippen LogP contribution is -2.52. The molecule has 2 amide bonds. The van der Waals surface area contributed by atoms with Gasteiger partial charge in [-0.15, -0.1) is 0 Å². The lowest BCUT2D eigenvalue weighted by molar-refractivity contribution is -0.146. The predicted molar refractivity (Wildman–Crippen MR) is 148 cm³/mol. The van der Waals surface area contributed by atoms with Crippen LogP contribution in [0.25, 0.3) is 22.2 Å². The Bertz CT molecular complexity index is 1340. The number of nitrogens with one attached hydrogen (secondary N) is 4. The lowest BCUT2D eigenvalue weighted by atomic mass is 9.91. The number of carbonyl (C=O) groups is 2. The fourth-order valence-corrected chi connectivity index (χ4v) is 4.72. The number of hydrogen-bond acceptors (Lipinski definition) is 6. The summed E-state index contributed by atoms with van der Waals surface area (Å²) in [6.07, 6.45) is 8.59.